The molecule has 0 unspecified atom stereocenters. The van der Waals surface area contributed by atoms with Gasteiger partial charge in [0.25, 0.3) is 5.69 Å². The second-order valence-corrected chi connectivity index (χ2v) is 8.62. The van der Waals surface area contributed by atoms with Gasteiger partial charge in [-0.15, -0.1) is 0 Å². The molecule has 0 spiro atoms. The molecule has 28 heavy (non-hydrogen) atoms. The SMILES string of the molecule is Cc1ccc(S(=O)(=O)NCCNC(=O)C2(c3ccc([N+](=O)[O-])cc3)CC2)cc1. The van der Waals surface area contributed by atoms with Crippen LogP contribution >= 0.6 is 0 Å². The molecule has 0 aromatic heterocycles. The number of sulfonamides is 1. The molecule has 2 N–H and O–H groups in total. The van der Waals surface area contributed by atoms with Crippen molar-refractivity contribution in [1.82, 2.24) is 10.0 Å². The summed E-state index contributed by atoms with van der Waals surface area (Å²) in [6.07, 6.45) is 1.32. The minimum absolute atomic E-state index is 0.0227. The van der Waals surface area contributed by atoms with E-state index < -0.39 is 20.4 Å². The zero-order valence-electron chi connectivity index (χ0n) is 15.3. The molecule has 1 amide bonds. The number of amides is 1. The van der Waals surface area contributed by atoms with Crippen LogP contribution in [0.5, 0.6) is 0 Å². The first-order chi connectivity index (χ1) is 13.2. The van der Waals surface area contributed by atoms with Crippen LogP contribution in [0.4, 0.5) is 5.69 Å². The molecule has 148 valence electrons. The van der Waals surface area contributed by atoms with Crippen molar-refractivity contribution in [2.45, 2.75) is 30.1 Å². The Balaban J connectivity index is 1.54. The number of benzene rings is 2. The fraction of sp³-hybridized carbons (Fsp3) is 0.316. The van der Waals surface area contributed by atoms with Crippen molar-refractivity contribution in [2.75, 3.05) is 13.1 Å². The highest BCUT2D eigenvalue weighted by molar-refractivity contribution is 7.89. The second kappa shape index (κ2) is 7.69. The number of nitro groups is 1. The van der Waals surface area contributed by atoms with E-state index in [0.29, 0.717) is 12.8 Å². The smallest absolute Gasteiger partial charge is 0.269 e. The van der Waals surface area contributed by atoms with Gasteiger partial charge in [-0.1, -0.05) is 29.8 Å². The van der Waals surface area contributed by atoms with Gasteiger partial charge in [0.05, 0.1) is 15.2 Å². The van der Waals surface area contributed by atoms with Gasteiger partial charge >= 0.3 is 0 Å². The summed E-state index contributed by atoms with van der Waals surface area (Å²) in [5, 5.41) is 13.5. The largest absolute Gasteiger partial charge is 0.354 e. The fourth-order valence-electron chi connectivity index (χ4n) is 3.01. The Morgan fingerprint density at radius 3 is 2.21 bits per heavy atom. The van der Waals surface area contributed by atoms with Gasteiger partial charge in [-0.3, -0.25) is 14.9 Å². The van der Waals surface area contributed by atoms with E-state index in [9.17, 15) is 23.3 Å². The number of aryl methyl sites for hydroxylation is 1. The second-order valence-electron chi connectivity index (χ2n) is 6.85. The Kier molecular flexibility index (Phi) is 5.48. The Morgan fingerprint density at radius 1 is 1.07 bits per heavy atom. The van der Waals surface area contributed by atoms with Gasteiger partial charge < -0.3 is 5.32 Å². The average molecular weight is 403 g/mol. The number of nitro benzene ring substituents is 1. The molecule has 0 radical (unpaired) electrons. The van der Waals surface area contributed by atoms with Crippen molar-refractivity contribution in [1.29, 1.82) is 0 Å². The Hall–Kier alpha value is -2.78. The molecule has 2 aromatic carbocycles. The molecule has 0 heterocycles. The van der Waals surface area contributed by atoms with Gasteiger partial charge in [0.1, 0.15) is 0 Å². The monoisotopic (exact) mass is 403 g/mol. The van der Waals surface area contributed by atoms with Crippen molar-refractivity contribution in [2.24, 2.45) is 0 Å². The van der Waals surface area contributed by atoms with E-state index in [4.69, 9.17) is 0 Å². The summed E-state index contributed by atoms with van der Waals surface area (Å²) >= 11 is 0. The van der Waals surface area contributed by atoms with E-state index in [1.807, 2.05) is 6.92 Å². The molecule has 0 saturated heterocycles. The number of hydrogen-bond acceptors (Lipinski definition) is 5. The summed E-state index contributed by atoms with van der Waals surface area (Å²) in [7, 11) is -3.63. The molecule has 0 atom stereocenters. The molecule has 1 aliphatic rings. The summed E-state index contributed by atoms with van der Waals surface area (Å²) in [5.41, 5.74) is 0.999. The minimum Gasteiger partial charge on any atom is -0.354 e. The van der Waals surface area contributed by atoms with Crippen LogP contribution in [0, 0.1) is 17.0 Å². The van der Waals surface area contributed by atoms with Crippen molar-refractivity contribution in [3.05, 3.63) is 69.8 Å². The summed E-state index contributed by atoms with van der Waals surface area (Å²) in [4.78, 5) is 23.0. The van der Waals surface area contributed by atoms with E-state index in [2.05, 4.69) is 10.0 Å². The first-order valence-electron chi connectivity index (χ1n) is 8.84. The minimum atomic E-state index is -3.63. The number of hydrogen-bond donors (Lipinski definition) is 2. The van der Waals surface area contributed by atoms with Gasteiger partial charge in [-0.05, 0) is 37.5 Å². The van der Waals surface area contributed by atoms with Gasteiger partial charge in [0.15, 0.2) is 0 Å². The number of non-ortho nitro benzene ring substituents is 1. The predicted octanol–water partition coefficient (Wildman–Crippen LogP) is 2.03. The van der Waals surface area contributed by atoms with Gasteiger partial charge in [-0.25, -0.2) is 13.1 Å². The van der Waals surface area contributed by atoms with Crippen LogP contribution in [-0.4, -0.2) is 32.3 Å². The number of nitrogens with zero attached hydrogens (tertiary/aromatic N) is 1. The molecule has 9 heteroatoms. The van der Waals surface area contributed by atoms with Crippen LogP contribution in [0.1, 0.15) is 24.0 Å². The Labute approximate surface area is 163 Å². The van der Waals surface area contributed by atoms with Crippen LogP contribution < -0.4 is 10.0 Å². The van der Waals surface area contributed by atoms with Crippen molar-refractivity contribution >= 4 is 21.6 Å². The summed E-state index contributed by atoms with van der Waals surface area (Å²) in [6.45, 7) is 2.09. The summed E-state index contributed by atoms with van der Waals surface area (Å²) in [5.74, 6) is -0.198. The molecule has 2 aromatic rings. The van der Waals surface area contributed by atoms with E-state index >= 15 is 0 Å². The maximum atomic E-state index is 12.6. The quantitative estimate of drug-likeness (QED) is 0.397. The lowest BCUT2D eigenvalue weighted by Crippen LogP contribution is -2.39. The zero-order chi connectivity index (χ0) is 20.4. The highest BCUT2D eigenvalue weighted by atomic mass is 32.2. The van der Waals surface area contributed by atoms with Crippen LogP contribution in [0.25, 0.3) is 0 Å². The maximum absolute atomic E-state index is 12.6. The van der Waals surface area contributed by atoms with Crippen LogP contribution in [0.3, 0.4) is 0 Å². The number of carbonyl (C=O) groups is 1. The van der Waals surface area contributed by atoms with E-state index in [0.717, 1.165) is 11.1 Å². The summed E-state index contributed by atoms with van der Waals surface area (Å²) in [6, 6.07) is 12.5. The normalized spacial score (nSPS) is 15.0. The maximum Gasteiger partial charge on any atom is 0.269 e. The third kappa shape index (κ3) is 4.20. The van der Waals surface area contributed by atoms with Crippen molar-refractivity contribution < 1.29 is 18.1 Å². The van der Waals surface area contributed by atoms with Crippen molar-refractivity contribution in [3.8, 4) is 0 Å². The number of carbonyl (C=O) groups excluding carboxylic acids is 1. The zero-order valence-corrected chi connectivity index (χ0v) is 16.2. The van der Waals surface area contributed by atoms with Crippen LogP contribution in [-0.2, 0) is 20.2 Å². The van der Waals surface area contributed by atoms with E-state index in [1.54, 1.807) is 24.3 Å². The lowest BCUT2D eigenvalue weighted by Gasteiger charge is -2.16. The number of rotatable bonds is 8. The first-order valence-corrected chi connectivity index (χ1v) is 10.3. The Morgan fingerprint density at radius 2 is 1.68 bits per heavy atom. The third-order valence-corrected chi connectivity index (χ3v) is 6.33. The molecule has 0 bridgehead atoms. The average Bonchev–Trinajstić information content (AvgIpc) is 3.47. The standard InChI is InChI=1S/C19H21N3O5S/c1-14-2-8-17(9-3-14)28(26,27)21-13-12-20-18(23)19(10-11-19)15-4-6-16(7-5-15)22(24)25/h2-9,21H,10-13H2,1H3,(H,20,23). The highest BCUT2D eigenvalue weighted by Crippen LogP contribution is 2.48. The molecule has 1 fully saturated rings. The molecule has 1 saturated carbocycles. The topological polar surface area (TPSA) is 118 Å². The lowest BCUT2D eigenvalue weighted by molar-refractivity contribution is -0.384. The van der Waals surface area contributed by atoms with Crippen LogP contribution in [0.15, 0.2) is 53.4 Å². The number of nitrogens with one attached hydrogen (secondary N) is 2. The molecule has 0 aliphatic heterocycles. The van der Waals surface area contributed by atoms with Crippen LogP contribution in [0.2, 0.25) is 0 Å². The lowest BCUT2D eigenvalue weighted by atomic mass is 9.95. The van der Waals surface area contributed by atoms with E-state index in [-0.39, 0.29) is 29.6 Å². The van der Waals surface area contributed by atoms with E-state index in [1.165, 1.54) is 24.3 Å². The van der Waals surface area contributed by atoms with Gasteiger partial charge in [0.2, 0.25) is 15.9 Å². The fourth-order valence-corrected chi connectivity index (χ4v) is 4.04. The molecular weight excluding hydrogens is 382 g/mol. The predicted molar refractivity (Wildman–Crippen MR) is 103 cm³/mol. The Bertz CT molecular complexity index is 981. The molecule has 8 nitrogen and oxygen atoms in total. The van der Waals surface area contributed by atoms with Gasteiger partial charge in [-0.2, -0.15) is 0 Å². The molecule has 3 rings (SSSR count). The third-order valence-electron chi connectivity index (χ3n) is 4.85. The molecular formula is C19H21N3O5S. The van der Waals surface area contributed by atoms with Crippen molar-refractivity contribution in [3.63, 3.8) is 0 Å². The first kappa shape index (κ1) is 20.0. The highest BCUT2D eigenvalue weighted by Gasteiger charge is 2.51. The summed E-state index contributed by atoms with van der Waals surface area (Å²) < 4.78 is 26.9. The molecule has 1 aliphatic carbocycles. The van der Waals surface area contributed by atoms with Gasteiger partial charge in [0, 0.05) is 25.2 Å².